The average Bonchev–Trinajstić information content (AvgIpc) is 2.98. The van der Waals surface area contributed by atoms with E-state index in [-0.39, 0.29) is 0 Å². The van der Waals surface area contributed by atoms with E-state index in [4.69, 9.17) is 0 Å². The van der Waals surface area contributed by atoms with Gasteiger partial charge in [-0.25, -0.2) is 0 Å². The number of hydrogen-bond acceptors (Lipinski definition) is 0. The maximum absolute atomic E-state index is 2.34. The van der Waals surface area contributed by atoms with Gasteiger partial charge in [0.15, 0.2) is 0 Å². The Kier molecular flexibility index (Phi) is 38.9. The highest BCUT2D eigenvalue weighted by molar-refractivity contribution is 7.57. The fraction of sp³-hybridized carbons (Fsp3) is 1.00. The Morgan fingerprint density at radius 3 is 0.512 bits per heavy atom. The molecule has 0 spiro atoms. The van der Waals surface area contributed by atoms with Crippen LogP contribution in [0.4, 0.5) is 0 Å². The first-order valence-corrected chi connectivity index (χ1v) is 22.0. The van der Waals surface area contributed by atoms with Crippen molar-refractivity contribution in [2.45, 2.75) is 239 Å². The first-order chi connectivity index (χ1) is 20.3. The summed E-state index contributed by atoms with van der Waals surface area (Å²) in [6.07, 6.45) is 55.3. The lowest BCUT2D eigenvalue weighted by Crippen LogP contribution is -1.97. The molecule has 0 atom stereocenters. The van der Waals surface area contributed by atoms with Crippen molar-refractivity contribution in [2.75, 3.05) is 18.5 Å². The van der Waals surface area contributed by atoms with Crippen molar-refractivity contribution < 1.29 is 0 Å². The molecule has 0 aliphatic rings. The summed E-state index contributed by atoms with van der Waals surface area (Å²) >= 11 is 0. The van der Waals surface area contributed by atoms with Crippen LogP contribution in [0.3, 0.4) is 0 Å². The van der Waals surface area contributed by atoms with Crippen LogP contribution in [0.5, 0.6) is 0 Å². The topological polar surface area (TPSA) is 0 Å². The third kappa shape index (κ3) is 36.5. The molecule has 0 saturated heterocycles. The van der Waals surface area contributed by atoms with E-state index in [0.717, 1.165) is 0 Å². The summed E-state index contributed by atoms with van der Waals surface area (Å²) in [6, 6.07) is 0. The normalized spacial score (nSPS) is 11.7. The zero-order valence-corrected chi connectivity index (χ0v) is 30.5. The second-order valence-corrected chi connectivity index (χ2v) is 16.5. The van der Waals surface area contributed by atoms with Crippen LogP contribution in [0.2, 0.25) is 0 Å². The second kappa shape index (κ2) is 38.5. The zero-order valence-electron chi connectivity index (χ0n) is 29.6. The Morgan fingerprint density at radius 2 is 0.341 bits per heavy atom. The third-order valence-corrected chi connectivity index (χ3v) is 12.3. The molecule has 0 unspecified atom stereocenters. The number of hydrogen-bond donors (Lipinski definition) is 0. The molecule has 0 aromatic rings. The molecule has 0 amide bonds. The zero-order chi connectivity index (χ0) is 29.7. The Morgan fingerprint density at radius 1 is 0.195 bits per heavy atom. The number of unbranched alkanes of at least 4 members (excludes halogenated alkanes) is 31. The molecule has 41 heavy (non-hydrogen) atoms. The van der Waals surface area contributed by atoms with Crippen LogP contribution in [0.1, 0.15) is 239 Å². The van der Waals surface area contributed by atoms with E-state index in [1.165, 1.54) is 218 Å². The molecule has 0 radical (unpaired) electrons. The highest BCUT2D eigenvalue weighted by atomic mass is 31.1. The van der Waals surface area contributed by atoms with Crippen LogP contribution in [-0.2, 0) is 0 Å². The first kappa shape index (κ1) is 41.4. The minimum Gasteiger partial charge on any atom is -0.107 e. The standard InChI is InChI=1S/C40H83P/c1-4-7-10-13-16-18-20-22-24-26-28-30-33-36-39-41(38-35-32-15-12-9-6-3)40-37-34-31-29-27-25-23-21-19-17-14-11-8-5-2/h4-40H2,1-3H3. The minimum atomic E-state index is 0.334. The molecule has 0 aliphatic heterocycles. The highest BCUT2D eigenvalue weighted by Gasteiger charge is 2.08. The van der Waals surface area contributed by atoms with Crippen LogP contribution >= 0.6 is 7.92 Å². The van der Waals surface area contributed by atoms with Gasteiger partial charge in [0.25, 0.3) is 0 Å². The molecule has 0 aromatic carbocycles. The van der Waals surface area contributed by atoms with Crippen molar-refractivity contribution in [1.29, 1.82) is 0 Å². The van der Waals surface area contributed by atoms with E-state index in [9.17, 15) is 0 Å². The highest BCUT2D eigenvalue weighted by Crippen LogP contribution is 2.39. The van der Waals surface area contributed by atoms with E-state index in [1.54, 1.807) is 18.5 Å². The van der Waals surface area contributed by atoms with Gasteiger partial charge < -0.3 is 0 Å². The van der Waals surface area contributed by atoms with E-state index in [0.29, 0.717) is 7.92 Å². The summed E-state index contributed by atoms with van der Waals surface area (Å²) in [5.74, 6) is 0. The van der Waals surface area contributed by atoms with Crippen LogP contribution in [-0.4, -0.2) is 18.5 Å². The molecule has 248 valence electrons. The molecule has 0 nitrogen and oxygen atoms in total. The molecule has 0 aromatic heterocycles. The fourth-order valence-corrected chi connectivity index (χ4v) is 9.19. The van der Waals surface area contributed by atoms with E-state index < -0.39 is 0 Å². The van der Waals surface area contributed by atoms with Crippen molar-refractivity contribution in [2.24, 2.45) is 0 Å². The molecule has 1 heteroatoms. The molecule has 0 fully saturated rings. The molecule has 0 saturated carbocycles. The molecule has 0 rings (SSSR count). The molecular formula is C40H83P. The largest absolute Gasteiger partial charge is 0.107 e. The monoisotopic (exact) mass is 595 g/mol. The van der Waals surface area contributed by atoms with E-state index >= 15 is 0 Å². The lowest BCUT2D eigenvalue weighted by molar-refractivity contribution is 0.538. The molecule has 0 heterocycles. The van der Waals surface area contributed by atoms with Gasteiger partial charge in [0.05, 0.1) is 0 Å². The first-order valence-electron chi connectivity index (χ1n) is 20.1. The van der Waals surface area contributed by atoms with Gasteiger partial charge in [0.1, 0.15) is 0 Å². The Balaban J connectivity index is 3.74. The number of rotatable bonds is 37. The molecule has 0 bridgehead atoms. The van der Waals surface area contributed by atoms with E-state index in [1.807, 2.05) is 0 Å². The second-order valence-electron chi connectivity index (χ2n) is 13.8. The van der Waals surface area contributed by atoms with Crippen LogP contribution < -0.4 is 0 Å². The smallest absolute Gasteiger partial charge is 0.0326 e. The van der Waals surface area contributed by atoms with Crippen LogP contribution in [0.15, 0.2) is 0 Å². The summed E-state index contributed by atoms with van der Waals surface area (Å²) in [5, 5.41) is 0. The summed E-state index contributed by atoms with van der Waals surface area (Å²) in [6.45, 7) is 6.97. The maximum Gasteiger partial charge on any atom is -0.0326 e. The molecular weight excluding hydrogens is 511 g/mol. The van der Waals surface area contributed by atoms with Gasteiger partial charge in [-0.05, 0) is 37.7 Å². The lowest BCUT2D eigenvalue weighted by atomic mass is 10.0. The summed E-state index contributed by atoms with van der Waals surface area (Å²) in [7, 11) is 0.334. The van der Waals surface area contributed by atoms with Gasteiger partial charge in [-0.2, -0.15) is 0 Å². The fourth-order valence-electron chi connectivity index (χ4n) is 6.51. The maximum atomic E-state index is 2.34. The molecule has 0 aliphatic carbocycles. The molecule has 0 N–H and O–H groups in total. The average molecular weight is 595 g/mol. The van der Waals surface area contributed by atoms with Gasteiger partial charge in [-0.3, -0.25) is 0 Å². The van der Waals surface area contributed by atoms with Crippen molar-refractivity contribution in [3.8, 4) is 0 Å². The van der Waals surface area contributed by atoms with Gasteiger partial charge in [0.2, 0.25) is 0 Å². The van der Waals surface area contributed by atoms with Crippen molar-refractivity contribution in [1.82, 2.24) is 0 Å². The van der Waals surface area contributed by atoms with Crippen molar-refractivity contribution in [3.05, 3.63) is 0 Å². The van der Waals surface area contributed by atoms with Gasteiger partial charge in [0, 0.05) is 0 Å². The third-order valence-electron chi connectivity index (χ3n) is 9.48. The van der Waals surface area contributed by atoms with Crippen molar-refractivity contribution in [3.63, 3.8) is 0 Å². The summed E-state index contributed by atoms with van der Waals surface area (Å²) in [4.78, 5) is 0. The Bertz CT molecular complexity index is 401. The Labute approximate surface area is 264 Å². The van der Waals surface area contributed by atoms with Crippen LogP contribution in [0.25, 0.3) is 0 Å². The van der Waals surface area contributed by atoms with Crippen LogP contribution in [0, 0.1) is 0 Å². The van der Waals surface area contributed by atoms with Gasteiger partial charge in [-0.1, -0.05) is 220 Å². The summed E-state index contributed by atoms with van der Waals surface area (Å²) < 4.78 is 0. The summed E-state index contributed by atoms with van der Waals surface area (Å²) in [5.41, 5.74) is 0. The van der Waals surface area contributed by atoms with Gasteiger partial charge in [-0.15, -0.1) is 7.92 Å². The predicted octanol–water partition coefficient (Wildman–Crippen LogP) is 15.8. The lowest BCUT2D eigenvalue weighted by Gasteiger charge is -2.18. The quantitative estimate of drug-likeness (QED) is 0.0495. The Hall–Kier alpha value is 0.430. The van der Waals surface area contributed by atoms with E-state index in [2.05, 4.69) is 20.8 Å². The SMILES string of the molecule is CCCCCCCCCCCCCCCCP(CCCCCCCC)CCCCCCCCCCCCCCCC. The van der Waals surface area contributed by atoms with Gasteiger partial charge >= 0.3 is 0 Å². The predicted molar refractivity (Wildman–Crippen MR) is 196 cm³/mol. The minimum absolute atomic E-state index is 0.334. The van der Waals surface area contributed by atoms with Crippen molar-refractivity contribution >= 4 is 7.92 Å².